The second-order valence-electron chi connectivity index (χ2n) is 6.69. The van der Waals surface area contributed by atoms with E-state index >= 15 is 0 Å². The zero-order valence-electron chi connectivity index (χ0n) is 14.8. The first-order valence-electron chi connectivity index (χ1n) is 9.15. The molecule has 8 heteroatoms. The van der Waals surface area contributed by atoms with Gasteiger partial charge in [0.15, 0.2) is 11.5 Å². The van der Waals surface area contributed by atoms with E-state index in [0.717, 1.165) is 68.8 Å². The fourth-order valence-electron chi connectivity index (χ4n) is 3.50. The summed E-state index contributed by atoms with van der Waals surface area (Å²) in [6, 6.07) is 5.69. The van der Waals surface area contributed by atoms with Crippen LogP contribution in [0.15, 0.2) is 18.2 Å². The molecular formula is C18H25N3O4S. The van der Waals surface area contributed by atoms with Crippen molar-refractivity contribution in [2.24, 2.45) is 0 Å². The predicted octanol–water partition coefficient (Wildman–Crippen LogP) is 2.09. The smallest absolute Gasteiger partial charge is 0.322 e. The first-order chi connectivity index (χ1) is 12.8. The van der Waals surface area contributed by atoms with Crippen LogP contribution in [0.4, 0.5) is 10.5 Å². The summed E-state index contributed by atoms with van der Waals surface area (Å²) < 4.78 is 16.2. The molecule has 142 valence electrons. The summed E-state index contributed by atoms with van der Waals surface area (Å²) in [6.45, 7) is 5.38. The molecule has 3 aliphatic heterocycles. The molecule has 0 bridgehead atoms. The molecule has 2 saturated heterocycles. The average Bonchev–Trinajstić information content (AvgIpc) is 3.00. The fraction of sp³-hybridized carbons (Fsp3) is 0.611. The van der Waals surface area contributed by atoms with Gasteiger partial charge in [-0.15, -0.1) is 0 Å². The average molecular weight is 379 g/mol. The van der Waals surface area contributed by atoms with Crippen LogP contribution in [0.25, 0.3) is 0 Å². The Morgan fingerprint density at radius 2 is 2.04 bits per heavy atom. The van der Waals surface area contributed by atoms with Gasteiger partial charge in [0.2, 0.25) is 6.79 Å². The first-order valence-corrected chi connectivity index (χ1v) is 10.3. The minimum Gasteiger partial charge on any atom is -0.454 e. The van der Waals surface area contributed by atoms with E-state index in [1.807, 2.05) is 34.9 Å². The third kappa shape index (κ3) is 4.19. The van der Waals surface area contributed by atoms with Crippen molar-refractivity contribution in [2.45, 2.75) is 12.5 Å². The number of hydrogen-bond acceptors (Lipinski definition) is 6. The van der Waals surface area contributed by atoms with Crippen molar-refractivity contribution in [1.82, 2.24) is 9.80 Å². The largest absolute Gasteiger partial charge is 0.454 e. The SMILES string of the molecule is O=C(Nc1ccc2c(c1)OCO2)N1CCCSCC1CN1CCOCC1. The Kier molecular flexibility index (Phi) is 5.72. The van der Waals surface area contributed by atoms with Crippen LogP contribution in [0.5, 0.6) is 11.5 Å². The zero-order chi connectivity index (χ0) is 17.8. The number of rotatable bonds is 3. The van der Waals surface area contributed by atoms with Gasteiger partial charge in [0.1, 0.15) is 0 Å². The number of thioether (sulfide) groups is 1. The standard InChI is InChI=1S/C18H25N3O4S/c22-18(19-14-2-3-16-17(10-14)25-13-24-16)21-4-1-9-26-12-15(21)11-20-5-7-23-8-6-20/h2-3,10,15H,1,4-9,11-13H2,(H,19,22). The van der Waals surface area contributed by atoms with Gasteiger partial charge >= 0.3 is 6.03 Å². The lowest BCUT2D eigenvalue weighted by Gasteiger charge is -2.35. The third-order valence-corrected chi connectivity index (χ3v) is 6.09. The minimum absolute atomic E-state index is 0.0374. The topological polar surface area (TPSA) is 63.3 Å². The maximum absolute atomic E-state index is 13.0. The molecule has 1 aromatic rings. The van der Waals surface area contributed by atoms with Crippen LogP contribution in [0.3, 0.4) is 0 Å². The number of morpholine rings is 1. The Morgan fingerprint density at radius 3 is 2.92 bits per heavy atom. The lowest BCUT2D eigenvalue weighted by Crippen LogP contribution is -2.51. The Morgan fingerprint density at radius 1 is 1.19 bits per heavy atom. The van der Waals surface area contributed by atoms with Crippen molar-refractivity contribution in [3.63, 3.8) is 0 Å². The van der Waals surface area contributed by atoms with E-state index in [1.54, 1.807) is 0 Å². The number of amides is 2. The van der Waals surface area contributed by atoms with Gasteiger partial charge in [-0.1, -0.05) is 0 Å². The van der Waals surface area contributed by atoms with Crippen molar-refractivity contribution < 1.29 is 19.0 Å². The number of fused-ring (bicyclic) bond motifs is 1. The maximum Gasteiger partial charge on any atom is 0.322 e. The number of carbonyl (C=O) groups is 1. The molecule has 1 unspecified atom stereocenters. The molecule has 3 aliphatic rings. The van der Waals surface area contributed by atoms with Crippen LogP contribution in [0, 0.1) is 0 Å². The molecule has 0 saturated carbocycles. The van der Waals surface area contributed by atoms with E-state index in [1.165, 1.54) is 0 Å². The van der Waals surface area contributed by atoms with Gasteiger partial charge < -0.3 is 24.4 Å². The van der Waals surface area contributed by atoms with E-state index in [2.05, 4.69) is 10.2 Å². The van der Waals surface area contributed by atoms with Crippen LogP contribution in [0.1, 0.15) is 6.42 Å². The van der Waals surface area contributed by atoms with Crippen molar-refractivity contribution in [1.29, 1.82) is 0 Å². The second kappa shape index (κ2) is 8.37. The molecule has 0 spiro atoms. The fourth-order valence-corrected chi connectivity index (χ4v) is 4.56. The number of anilines is 1. The minimum atomic E-state index is -0.0374. The molecule has 26 heavy (non-hydrogen) atoms. The van der Waals surface area contributed by atoms with Gasteiger partial charge in [-0.05, 0) is 24.3 Å². The van der Waals surface area contributed by atoms with Crippen LogP contribution in [-0.4, -0.2) is 79.6 Å². The highest BCUT2D eigenvalue weighted by Crippen LogP contribution is 2.34. The normalized spacial score (nSPS) is 23.5. The molecule has 4 rings (SSSR count). The monoisotopic (exact) mass is 379 g/mol. The zero-order valence-corrected chi connectivity index (χ0v) is 15.6. The molecule has 1 N–H and O–H groups in total. The molecular weight excluding hydrogens is 354 g/mol. The molecule has 3 heterocycles. The number of carbonyl (C=O) groups excluding carboxylic acids is 1. The van der Waals surface area contributed by atoms with Crippen molar-refractivity contribution in [3.8, 4) is 11.5 Å². The van der Waals surface area contributed by atoms with Crippen LogP contribution in [-0.2, 0) is 4.74 Å². The van der Waals surface area contributed by atoms with Gasteiger partial charge in [-0.25, -0.2) is 4.79 Å². The Bertz CT molecular complexity index is 639. The summed E-state index contributed by atoms with van der Waals surface area (Å²) in [5.41, 5.74) is 0.737. The highest BCUT2D eigenvalue weighted by Gasteiger charge is 2.28. The third-order valence-electron chi connectivity index (χ3n) is 4.90. The Balaban J connectivity index is 1.42. The number of nitrogens with one attached hydrogen (secondary N) is 1. The summed E-state index contributed by atoms with van der Waals surface area (Å²) in [5, 5.41) is 3.04. The molecule has 2 amide bonds. The number of hydrogen-bond donors (Lipinski definition) is 1. The van der Waals surface area contributed by atoms with E-state index in [9.17, 15) is 4.79 Å². The van der Waals surface area contributed by atoms with Crippen LogP contribution >= 0.6 is 11.8 Å². The molecule has 1 atom stereocenters. The van der Waals surface area contributed by atoms with E-state index < -0.39 is 0 Å². The summed E-state index contributed by atoms with van der Waals surface area (Å²) in [5.74, 6) is 3.48. The first kappa shape index (κ1) is 17.8. The van der Waals surface area contributed by atoms with Gasteiger partial charge in [-0.3, -0.25) is 4.90 Å². The molecule has 0 aliphatic carbocycles. The number of ether oxygens (including phenoxy) is 3. The van der Waals surface area contributed by atoms with Crippen LogP contribution < -0.4 is 14.8 Å². The summed E-state index contributed by atoms with van der Waals surface area (Å²) in [4.78, 5) is 17.4. The predicted molar refractivity (Wildman–Crippen MR) is 101 cm³/mol. The van der Waals surface area contributed by atoms with Crippen LogP contribution in [0.2, 0.25) is 0 Å². The number of benzene rings is 1. The lowest BCUT2D eigenvalue weighted by molar-refractivity contribution is 0.0288. The molecule has 1 aromatic carbocycles. The van der Waals surface area contributed by atoms with Gasteiger partial charge in [0.05, 0.1) is 19.3 Å². The van der Waals surface area contributed by atoms with Gasteiger partial charge in [0.25, 0.3) is 0 Å². The quantitative estimate of drug-likeness (QED) is 0.868. The van der Waals surface area contributed by atoms with E-state index in [4.69, 9.17) is 14.2 Å². The second-order valence-corrected chi connectivity index (χ2v) is 7.84. The Labute approximate surface area is 157 Å². The highest BCUT2D eigenvalue weighted by molar-refractivity contribution is 7.99. The van der Waals surface area contributed by atoms with E-state index in [0.29, 0.717) is 5.75 Å². The van der Waals surface area contributed by atoms with Gasteiger partial charge in [0, 0.05) is 43.7 Å². The summed E-state index contributed by atoms with van der Waals surface area (Å²) in [6.07, 6.45) is 1.03. The van der Waals surface area contributed by atoms with Gasteiger partial charge in [-0.2, -0.15) is 11.8 Å². The maximum atomic E-state index is 13.0. The number of nitrogens with zero attached hydrogens (tertiary/aromatic N) is 2. The summed E-state index contributed by atoms with van der Waals surface area (Å²) >= 11 is 1.94. The summed E-state index contributed by atoms with van der Waals surface area (Å²) in [7, 11) is 0. The lowest BCUT2D eigenvalue weighted by atomic mass is 10.2. The van der Waals surface area contributed by atoms with Crippen molar-refractivity contribution >= 4 is 23.5 Å². The van der Waals surface area contributed by atoms with E-state index in [-0.39, 0.29) is 18.9 Å². The highest BCUT2D eigenvalue weighted by atomic mass is 32.2. The molecule has 2 fully saturated rings. The Hall–Kier alpha value is -1.64. The molecule has 0 aromatic heterocycles. The number of urea groups is 1. The molecule has 0 radical (unpaired) electrons. The molecule has 7 nitrogen and oxygen atoms in total. The van der Waals surface area contributed by atoms with Crippen molar-refractivity contribution in [2.75, 3.05) is 63.0 Å². The van der Waals surface area contributed by atoms with Crippen molar-refractivity contribution in [3.05, 3.63) is 18.2 Å².